The lowest BCUT2D eigenvalue weighted by Crippen LogP contribution is -2.37. The second-order valence-electron chi connectivity index (χ2n) is 6.08. The molecule has 0 saturated heterocycles. The monoisotopic (exact) mass is 456 g/mol. The van der Waals surface area contributed by atoms with Gasteiger partial charge >= 0.3 is 0 Å². The highest BCUT2D eigenvalue weighted by Crippen LogP contribution is 2.31. The van der Waals surface area contributed by atoms with Crippen molar-refractivity contribution in [2.75, 3.05) is 25.6 Å². The number of hydrogen-bond acceptors (Lipinski definition) is 4. The Balaban J connectivity index is 0.00000225. The van der Waals surface area contributed by atoms with Crippen molar-refractivity contribution in [2.24, 2.45) is 17.8 Å². The number of halogens is 1. The molecule has 7 nitrogen and oxygen atoms in total. The van der Waals surface area contributed by atoms with E-state index in [1.807, 2.05) is 55.0 Å². The molecule has 0 fully saturated rings. The van der Waals surface area contributed by atoms with Gasteiger partial charge in [0, 0.05) is 33.1 Å². The molecule has 1 aromatic carbocycles. The van der Waals surface area contributed by atoms with Crippen molar-refractivity contribution in [3.63, 3.8) is 0 Å². The third-order valence-electron chi connectivity index (χ3n) is 4.15. The number of hydrogen-bond donors (Lipinski definition) is 2. The topological polar surface area (TPSA) is 80.7 Å². The van der Waals surface area contributed by atoms with Gasteiger partial charge in [0.2, 0.25) is 5.95 Å². The van der Waals surface area contributed by atoms with Gasteiger partial charge in [-0.1, -0.05) is 18.2 Å². The van der Waals surface area contributed by atoms with Gasteiger partial charge in [-0.25, -0.2) is 9.98 Å². The zero-order valence-electron chi connectivity index (χ0n) is 14.8. The van der Waals surface area contributed by atoms with Crippen molar-refractivity contribution in [3.05, 3.63) is 41.7 Å². The molecule has 2 aromatic rings. The molecule has 0 radical (unpaired) electrons. The van der Waals surface area contributed by atoms with E-state index >= 15 is 0 Å². The minimum absolute atomic E-state index is 0. The highest BCUT2D eigenvalue weighted by molar-refractivity contribution is 14.0. The largest absolute Gasteiger partial charge is 0.493 e. The van der Waals surface area contributed by atoms with Gasteiger partial charge in [0.1, 0.15) is 5.75 Å². The molecule has 1 atom stereocenters. The van der Waals surface area contributed by atoms with E-state index < -0.39 is 0 Å². The van der Waals surface area contributed by atoms with Crippen LogP contribution >= 0.6 is 24.0 Å². The van der Waals surface area contributed by atoms with Gasteiger partial charge in [-0.2, -0.15) is 0 Å². The van der Waals surface area contributed by atoms with Crippen LogP contribution in [0, 0.1) is 0 Å². The Morgan fingerprint density at radius 2 is 2.20 bits per heavy atom. The minimum atomic E-state index is 0. The Morgan fingerprint density at radius 1 is 1.44 bits per heavy atom. The number of aliphatic imine (C=N–C) groups is 1. The maximum atomic E-state index is 6.08. The first kappa shape index (κ1) is 19.4. The van der Waals surface area contributed by atoms with Crippen molar-refractivity contribution < 1.29 is 4.74 Å². The number of nitrogens with zero attached hydrogens (tertiary/aromatic N) is 4. The number of fused-ring (bicyclic) bond motifs is 1. The molecule has 1 aliphatic rings. The lowest BCUT2D eigenvalue weighted by atomic mass is 10.0. The second kappa shape index (κ2) is 8.41. The fourth-order valence-corrected chi connectivity index (χ4v) is 2.88. The smallest absolute Gasteiger partial charge is 0.204 e. The van der Waals surface area contributed by atoms with E-state index in [4.69, 9.17) is 10.5 Å². The lowest BCUT2D eigenvalue weighted by molar-refractivity contribution is 0.262. The predicted octanol–water partition coefficient (Wildman–Crippen LogP) is 2.03. The van der Waals surface area contributed by atoms with Crippen molar-refractivity contribution >= 4 is 35.9 Å². The molecular weight excluding hydrogens is 431 g/mol. The number of ether oxygens (including phenoxy) is 1. The van der Waals surface area contributed by atoms with Crippen molar-refractivity contribution in [1.29, 1.82) is 0 Å². The number of aromatic nitrogens is 2. The van der Waals surface area contributed by atoms with Crippen molar-refractivity contribution in [3.8, 4) is 5.75 Å². The van der Waals surface area contributed by atoms with Gasteiger partial charge in [0.05, 0.1) is 31.1 Å². The molecule has 0 spiro atoms. The normalized spacial score (nSPS) is 16.4. The summed E-state index contributed by atoms with van der Waals surface area (Å²) in [5, 5.41) is 3.30. The van der Waals surface area contributed by atoms with Gasteiger partial charge in [-0.15, -0.1) is 24.0 Å². The molecule has 0 saturated carbocycles. The molecule has 0 amide bonds. The van der Waals surface area contributed by atoms with E-state index in [1.54, 1.807) is 0 Å². The van der Waals surface area contributed by atoms with Crippen LogP contribution in [0.25, 0.3) is 0 Å². The SMILES string of the molecule is CN(C)c1ncc(CN=C(N)NC2CCOc3ccccc32)n1C.I. The molecular formula is C17H25IN6O. The van der Waals surface area contributed by atoms with Crippen molar-refractivity contribution in [2.45, 2.75) is 19.0 Å². The van der Waals surface area contributed by atoms with Crippen LogP contribution < -0.4 is 20.7 Å². The van der Waals surface area contributed by atoms with Crippen LogP contribution in [0.3, 0.4) is 0 Å². The molecule has 3 rings (SSSR count). The Kier molecular flexibility index (Phi) is 6.51. The number of guanidine groups is 1. The average molecular weight is 456 g/mol. The van der Waals surface area contributed by atoms with Crippen LogP contribution in [0.5, 0.6) is 5.75 Å². The molecule has 136 valence electrons. The third-order valence-corrected chi connectivity index (χ3v) is 4.15. The van der Waals surface area contributed by atoms with Gasteiger partial charge in [0.25, 0.3) is 0 Å². The minimum Gasteiger partial charge on any atom is -0.493 e. The van der Waals surface area contributed by atoms with E-state index in [9.17, 15) is 0 Å². The number of nitrogens with one attached hydrogen (secondary N) is 1. The summed E-state index contributed by atoms with van der Waals surface area (Å²) in [5.74, 6) is 2.24. The lowest BCUT2D eigenvalue weighted by Gasteiger charge is -2.26. The van der Waals surface area contributed by atoms with Crippen LogP contribution in [0.2, 0.25) is 0 Å². The summed E-state index contributed by atoms with van der Waals surface area (Å²) in [7, 11) is 5.91. The Bertz CT molecular complexity index is 742. The predicted molar refractivity (Wildman–Crippen MR) is 111 cm³/mol. The second-order valence-corrected chi connectivity index (χ2v) is 6.08. The highest BCUT2D eigenvalue weighted by atomic mass is 127. The fourth-order valence-electron chi connectivity index (χ4n) is 2.88. The number of benzene rings is 1. The van der Waals surface area contributed by atoms with Crippen LogP contribution in [0.1, 0.15) is 23.7 Å². The van der Waals surface area contributed by atoms with Crippen LogP contribution in [0.4, 0.5) is 5.95 Å². The van der Waals surface area contributed by atoms with Gasteiger partial charge < -0.3 is 25.3 Å². The summed E-state index contributed by atoms with van der Waals surface area (Å²) in [6.07, 6.45) is 2.69. The molecule has 25 heavy (non-hydrogen) atoms. The quantitative estimate of drug-likeness (QED) is 0.418. The Hall–Kier alpha value is -1.97. The Morgan fingerprint density at radius 3 is 2.92 bits per heavy atom. The summed E-state index contributed by atoms with van der Waals surface area (Å²) in [6.45, 7) is 1.16. The Labute approximate surface area is 165 Å². The van der Waals surface area contributed by atoms with Crippen molar-refractivity contribution in [1.82, 2.24) is 14.9 Å². The van der Waals surface area contributed by atoms with Crippen LogP contribution in [-0.4, -0.2) is 36.2 Å². The van der Waals surface area contributed by atoms with E-state index in [0.29, 0.717) is 19.1 Å². The molecule has 3 N–H and O–H groups in total. The zero-order valence-corrected chi connectivity index (χ0v) is 17.1. The summed E-state index contributed by atoms with van der Waals surface area (Å²) < 4.78 is 7.68. The standard InChI is InChI=1S/C17H24N6O.HI/c1-22(2)17-20-11-12(23(17)3)10-19-16(18)21-14-8-9-24-15-7-5-4-6-13(14)15;/h4-7,11,14H,8-10H2,1-3H3,(H3,18,19,21);1H. The van der Waals surface area contributed by atoms with E-state index in [-0.39, 0.29) is 30.0 Å². The average Bonchev–Trinajstić information content (AvgIpc) is 2.94. The van der Waals surface area contributed by atoms with E-state index in [2.05, 4.69) is 21.4 Å². The molecule has 1 aliphatic heterocycles. The molecule has 0 aliphatic carbocycles. The van der Waals surface area contributed by atoms with E-state index in [0.717, 1.165) is 29.4 Å². The molecule has 2 heterocycles. The summed E-state index contributed by atoms with van der Waals surface area (Å²) >= 11 is 0. The maximum Gasteiger partial charge on any atom is 0.204 e. The summed E-state index contributed by atoms with van der Waals surface area (Å²) in [6, 6.07) is 8.15. The number of para-hydroxylation sites is 1. The maximum absolute atomic E-state index is 6.08. The molecule has 1 aromatic heterocycles. The summed E-state index contributed by atoms with van der Waals surface area (Å²) in [4.78, 5) is 10.8. The highest BCUT2D eigenvalue weighted by Gasteiger charge is 2.21. The number of imidazole rings is 1. The number of rotatable bonds is 4. The van der Waals surface area contributed by atoms with E-state index in [1.165, 1.54) is 0 Å². The molecule has 0 bridgehead atoms. The first-order chi connectivity index (χ1) is 11.6. The first-order valence-electron chi connectivity index (χ1n) is 8.02. The number of nitrogens with two attached hydrogens (primary N) is 1. The fraction of sp³-hybridized carbons (Fsp3) is 0.412. The third kappa shape index (κ3) is 4.36. The van der Waals surface area contributed by atoms with Crippen LogP contribution in [0.15, 0.2) is 35.5 Å². The molecule has 8 heteroatoms. The zero-order chi connectivity index (χ0) is 17.1. The van der Waals surface area contributed by atoms with Gasteiger partial charge in [-0.3, -0.25) is 0 Å². The van der Waals surface area contributed by atoms with Gasteiger partial charge in [-0.05, 0) is 6.07 Å². The summed E-state index contributed by atoms with van der Waals surface area (Å²) in [5.41, 5.74) is 8.22. The number of anilines is 1. The van der Waals surface area contributed by atoms with Gasteiger partial charge in [0.15, 0.2) is 5.96 Å². The first-order valence-corrected chi connectivity index (χ1v) is 8.02. The molecule has 1 unspecified atom stereocenters. The van der Waals surface area contributed by atoms with Crippen LogP contribution in [-0.2, 0) is 13.6 Å².